The van der Waals surface area contributed by atoms with E-state index in [9.17, 15) is 4.39 Å². The maximum absolute atomic E-state index is 13.5. The van der Waals surface area contributed by atoms with Crippen molar-refractivity contribution in [3.8, 4) is 0 Å². The molecular formula is C16H14FN3S2. The molecule has 3 nitrogen and oxygen atoms in total. The number of anilines is 2. The van der Waals surface area contributed by atoms with Gasteiger partial charge in [-0.25, -0.2) is 9.37 Å². The number of nitrogens with zero attached hydrogens (tertiary/aromatic N) is 1. The van der Waals surface area contributed by atoms with Crippen molar-refractivity contribution >= 4 is 50.3 Å². The van der Waals surface area contributed by atoms with Gasteiger partial charge in [0.05, 0.1) is 15.2 Å². The minimum Gasteiger partial charge on any atom is -0.332 e. The minimum atomic E-state index is -0.255. The zero-order valence-electron chi connectivity index (χ0n) is 12.1. The number of rotatable bonds is 2. The fourth-order valence-corrected chi connectivity index (χ4v) is 3.18. The number of aryl methyl sites for hydroxylation is 2. The second-order valence-corrected chi connectivity index (χ2v) is 6.60. The van der Waals surface area contributed by atoms with Gasteiger partial charge in [-0.1, -0.05) is 6.07 Å². The third-order valence-corrected chi connectivity index (χ3v) is 4.32. The molecule has 0 aliphatic heterocycles. The number of fused-ring (bicyclic) bond motifs is 1. The Bertz CT molecular complexity index is 858. The van der Waals surface area contributed by atoms with Crippen LogP contribution >= 0.6 is 23.6 Å². The summed E-state index contributed by atoms with van der Waals surface area (Å²) in [5.74, 6) is -0.255. The lowest BCUT2D eigenvalue weighted by Gasteiger charge is -2.11. The van der Waals surface area contributed by atoms with E-state index < -0.39 is 0 Å². The average molecular weight is 331 g/mol. The highest BCUT2D eigenvalue weighted by Gasteiger charge is 2.05. The molecule has 0 radical (unpaired) electrons. The number of thiazole rings is 1. The Balaban J connectivity index is 1.73. The Labute approximate surface area is 137 Å². The Morgan fingerprint density at radius 2 is 1.77 bits per heavy atom. The molecule has 0 amide bonds. The van der Waals surface area contributed by atoms with Gasteiger partial charge in [0, 0.05) is 11.4 Å². The zero-order valence-corrected chi connectivity index (χ0v) is 13.7. The number of halogens is 1. The van der Waals surface area contributed by atoms with Gasteiger partial charge >= 0.3 is 0 Å². The van der Waals surface area contributed by atoms with Crippen LogP contribution in [0.5, 0.6) is 0 Å². The largest absolute Gasteiger partial charge is 0.332 e. The molecule has 2 N–H and O–H groups in total. The van der Waals surface area contributed by atoms with Crippen molar-refractivity contribution in [3.63, 3.8) is 0 Å². The highest BCUT2D eigenvalue weighted by atomic mass is 32.1. The van der Waals surface area contributed by atoms with Crippen LogP contribution in [0.3, 0.4) is 0 Å². The maximum atomic E-state index is 13.5. The predicted octanol–water partition coefficient (Wildman–Crippen LogP) is 4.86. The van der Waals surface area contributed by atoms with Crippen molar-refractivity contribution in [1.29, 1.82) is 0 Å². The molecule has 0 saturated heterocycles. The summed E-state index contributed by atoms with van der Waals surface area (Å²) >= 11 is 6.90. The fraction of sp³-hybridized carbons (Fsp3) is 0.125. The van der Waals surface area contributed by atoms with E-state index in [1.165, 1.54) is 6.07 Å². The summed E-state index contributed by atoms with van der Waals surface area (Å²) in [5, 5.41) is 7.53. The van der Waals surface area contributed by atoms with Gasteiger partial charge in [-0.2, -0.15) is 0 Å². The van der Waals surface area contributed by atoms with Gasteiger partial charge < -0.3 is 10.6 Å². The number of hydrogen-bond acceptors (Lipinski definition) is 3. The molecule has 112 valence electrons. The predicted molar refractivity (Wildman–Crippen MR) is 95.3 cm³/mol. The molecular weight excluding hydrogens is 317 g/mol. The van der Waals surface area contributed by atoms with Gasteiger partial charge in [0.2, 0.25) is 0 Å². The van der Waals surface area contributed by atoms with Crippen molar-refractivity contribution in [3.05, 3.63) is 52.8 Å². The molecule has 0 fully saturated rings. The van der Waals surface area contributed by atoms with Gasteiger partial charge in [0.15, 0.2) is 5.11 Å². The lowest BCUT2D eigenvalue weighted by atomic mass is 10.2. The molecule has 22 heavy (non-hydrogen) atoms. The van der Waals surface area contributed by atoms with Crippen LogP contribution in [-0.4, -0.2) is 10.1 Å². The third-order valence-electron chi connectivity index (χ3n) is 3.18. The van der Waals surface area contributed by atoms with E-state index in [0.29, 0.717) is 16.4 Å². The van der Waals surface area contributed by atoms with E-state index in [1.807, 2.05) is 25.1 Å². The first kappa shape index (κ1) is 14.9. The minimum absolute atomic E-state index is 0.255. The molecule has 0 spiro atoms. The maximum Gasteiger partial charge on any atom is 0.175 e. The summed E-state index contributed by atoms with van der Waals surface area (Å²) in [6, 6.07) is 10.8. The van der Waals surface area contributed by atoms with E-state index in [0.717, 1.165) is 20.9 Å². The van der Waals surface area contributed by atoms with Crippen LogP contribution < -0.4 is 10.6 Å². The number of benzene rings is 2. The molecule has 3 aromatic rings. The summed E-state index contributed by atoms with van der Waals surface area (Å²) in [5.41, 5.74) is 3.08. The van der Waals surface area contributed by atoms with Gasteiger partial charge in [-0.05, 0) is 62.0 Å². The Kier molecular flexibility index (Phi) is 4.04. The molecule has 1 heterocycles. The van der Waals surface area contributed by atoms with Gasteiger partial charge in [-0.3, -0.25) is 0 Å². The first-order valence-electron chi connectivity index (χ1n) is 6.72. The van der Waals surface area contributed by atoms with Gasteiger partial charge in [0.25, 0.3) is 0 Å². The van der Waals surface area contributed by atoms with Crippen LogP contribution in [0.25, 0.3) is 10.2 Å². The Hall–Kier alpha value is -2.05. The number of nitrogens with one attached hydrogen (secondary N) is 2. The molecule has 3 rings (SSSR count). The summed E-state index contributed by atoms with van der Waals surface area (Å²) in [6.45, 7) is 3.71. The quantitative estimate of drug-likeness (QED) is 0.658. The highest BCUT2D eigenvalue weighted by molar-refractivity contribution is 7.80. The van der Waals surface area contributed by atoms with Gasteiger partial charge in [-0.15, -0.1) is 11.3 Å². The molecule has 0 unspecified atom stereocenters. The van der Waals surface area contributed by atoms with Crippen LogP contribution in [0.4, 0.5) is 15.8 Å². The molecule has 0 bridgehead atoms. The second kappa shape index (κ2) is 5.98. The van der Waals surface area contributed by atoms with E-state index in [4.69, 9.17) is 12.2 Å². The first-order valence-corrected chi connectivity index (χ1v) is 7.95. The Morgan fingerprint density at radius 3 is 2.50 bits per heavy atom. The highest BCUT2D eigenvalue weighted by Crippen LogP contribution is 2.25. The number of thiocarbonyl (C=S) groups is 1. The summed E-state index contributed by atoms with van der Waals surface area (Å²) in [7, 11) is 0. The molecule has 0 saturated carbocycles. The van der Waals surface area contributed by atoms with Crippen LogP contribution in [0, 0.1) is 19.7 Å². The van der Waals surface area contributed by atoms with Crippen LogP contribution in [0.15, 0.2) is 36.4 Å². The topological polar surface area (TPSA) is 37.0 Å². The van der Waals surface area contributed by atoms with Crippen molar-refractivity contribution in [2.24, 2.45) is 0 Å². The smallest absolute Gasteiger partial charge is 0.175 e. The monoisotopic (exact) mass is 331 g/mol. The molecule has 6 heteroatoms. The van der Waals surface area contributed by atoms with E-state index in [-0.39, 0.29) is 5.82 Å². The van der Waals surface area contributed by atoms with Gasteiger partial charge in [0.1, 0.15) is 5.82 Å². The van der Waals surface area contributed by atoms with Crippen molar-refractivity contribution in [1.82, 2.24) is 4.98 Å². The van der Waals surface area contributed by atoms with E-state index in [1.54, 1.807) is 30.4 Å². The molecule has 1 aromatic heterocycles. The summed E-state index contributed by atoms with van der Waals surface area (Å²) < 4.78 is 14.6. The van der Waals surface area contributed by atoms with Crippen molar-refractivity contribution in [2.75, 3.05) is 10.6 Å². The molecule has 2 aromatic carbocycles. The normalized spacial score (nSPS) is 10.7. The lowest BCUT2D eigenvalue weighted by Crippen LogP contribution is -2.19. The fourth-order valence-electron chi connectivity index (χ4n) is 2.08. The van der Waals surface area contributed by atoms with Crippen LogP contribution in [-0.2, 0) is 0 Å². The molecule has 0 aliphatic rings. The first-order chi connectivity index (χ1) is 10.5. The van der Waals surface area contributed by atoms with Crippen molar-refractivity contribution in [2.45, 2.75) is 13.8 Å². The Morgan fingerprint density at radius 1 is 1.09 bits per heavy atom. The van der Waals surface area contributed by atoms with Crippen LogP contribution in [0.2, 0.25) is 0 Å². The third kappa shape index (κ3) is 3.23. The number of aromatic nitrogens is 1. The number of hydrogen-bond donors (Lipinski definition) is 2. The summed E-state index contributed by atoms with van der Waals surface area (Å²) in [4.78, 5) is 4.42. The zero-order chi connectivity index (χ0) is 15.7. The summed E-state index contributed by atoms with van der Waals surface area (Å²) in [6.07, 6.45) is 0. The van der Waals surface area contributed by atoms with Crippen LogP contribution in [0.1, 0.15) is 10.6 Å². The standard InChI is InChI=1S/C16H14FN3S2/c1-9-3-4-11(7-13(9)17)19-16(21)20-12-5-6-14-15(8-12)22-10(2)18-14/h3-8H,1-2H3,(H2,19,20,21). The average Bonchev–Trinajstić information content (AvgIpc) is 2.82. The molecule has 0 aliphatic carbocycles. The SMILES string of the molecule is Cc1nc2ccc(NC(=S)Nc3ccc(C)c(F)c3)cc2s1. The van der Waals surface area contributed by atoms with Crippen molar-refractivity contribution < 1.29 is 4.39 Å². The molecule has 0 atom stereocenters. The van der Waals surface area contributed by atoms with E-state index >= 15 is 0 Å². The second-order valence-electron chi connectivity index (χ2n) is 4.96. The lowest BCUT2D eigenvalue weighted by molar-refractivity contribution is 0.619. The van der Waals surface area contributed by atoms with E-state index in [2.05, 4.69) is 15.6 Å².